The van der Waals surface area contributed by atoms with Gasteiger partial charge in [0.1, 0.15) is 10.7 Å². The Morgan fingerprint density at radius 1 is 1.25 bits per heavy atom. The van der Waals surface area contributed by atoms with Crippen LogP contribution in [0.3, 0.4) is 0 Å². The number of hydrogen-bond donors (Lipinski definition) is 1. The summed E-state index contributed by atoms with van der Waals surface area (Å²) in [4.78, 5) is 10.0. The zero-order chi connectivity index (χ0) is 14.4. The standard InChI is InChI=1S/C15H18N2O3/c1-2-6-14(12-7-4-3-5-8-12)16-11-13-9-10-15(20-13)17(18)19/h3-5,7-10,14,16H,2,6,11H2,1H3. The topological polar surface area (TPSA) is 68.3 Å². The highest BCUT2D eigenvalue weighted by Crippen LogP contribution is 2.20. The maximum Gasteiger partial charge on any atom is 0.433 e. The van der Waals surface area contributed by atoms with E-state index in [0.717, 1.165) is 12.8 Å². The first kappa shape index (κ1) is 14.3. The Kier molecular flexibility index (Phi) is 4.90. The third-order valence-electron chi connectivity index (χ3n) is 3.13. The van der Waals surface area contributed by atoms with E-state index in [2.05, 4.69) is 24.4 Å². The summed E-state index contributed by atoms with van der Waals surface area (Å²) in [6.45, 7) is 2.61. The van der Waals surface area contributed by atoms with Crippen LogP contribution in [0, 0.1) is 10.1 Å². The first-order valence-corrected chi connectivity index (χ1v) is 6.72. The van der Waals surface area contributed by atoms with E-state index in [4.69, 9.17) is 4.42 Å². The van der Waals surface area contributed by atoms with Crippen molar-refractivity contribution >= 4 is 5.88 Å². The van der Waals surface area contributed by atoms with Crippen LogP contribution in [0.4, 0.5) is 5.88 Å². The lowest BCUT2D eigenvalue weighted by Crippen LogP contribution is -2.20. The quantitative estimate of drug-likeness (QED) is 0.615. The van der Waals surface area contributed by atoms with E-state index in [1.54, 1.807) is 6.07 Å². The first-order chi connectivity index (χ1) is 9.70. The maximum absolute atomic E-state index is 10.6. The molecule has 0 saturated heterocycles. The normalized spacial score (nSPS) is 12.2. The van der Waals surface area contributed by atoms with Crippen molar-refractivity contribution in [3.63, 3.8) is 0 Å². The Morgan fingerprint density at radius 3 is 2.60 bits per heavy atom. The number of hydrogen-bond acceptors (Lipinski definition) is 4. The van der Waals surface area contributed by atoms with Crippen molar-refractivity contribution in [2.45, 2.75) is 32.4 Å². The van der Waals surface area contributed by atoms with Gasteiger partial charge in [-0.2, -0.15) is 0 Å². The van der Waals surface area contributed by atoms with E-state index >= 15 is 0 Å². The second-order valence-electron chi connectivity index (χ2n) is 4.63. The third-order valence-corrected chi connectivity index (χ3v) is 3.13. The minimum absolute atomic E-state index is 0.214. The molecule has 1 heterocycles. The molecule has 0 bridgehead atoms. The van der Waals surface area contributed by atoms with Gasteiger partial charge in [-0.25, -0.2) is 0 Å². The lowest BCUT2D eigenvalue weighted by atomic mass is 10.0. The van der Waals surface area contributed by atoms with Crippen molar-refractivity contribution in [1.29, 1.82) is 0 Å². The summed E-state index contributed by atoms with van der Waals surface area (Å²) >= 11 is 0. The van der Waals surface area contributed by atoms with Crippen molar-refractivity contribution in [2.75, 3.05) is 0 Å². The highest BCUT2D eigenvalue weighted by molar-refractivity contribution is 5.20. The van der Waals surface area contributed by atoms with E-state index in [1.165, 1.54) is 11.6 Å². The second-order valence-corrected chi connectivity index (χ2v) is 4.63. The molecule has 1 aromatic heterocycles. The average molecular weight is 274 g/mol. The molecule has 0 aliphatic rings. The van der Waals surface area contributed by atoms with E-state index in [0.29, 0.717) is 12.3 Å². The van der Waals surface area contributed by atoms with E-state index in [-0.39, 0.29) is 11.9 Å². The van der Waals surface area contributed by atoms with Crippen molar-refractivity contribution in [2.24, 2.45) is 0 Å². The van der Waals surface area contributed by atoms with Crippen LogP contribution >= 0.6 is 0 Å². The molecule has 2 rings (SSSR count). The minimum Gasteiger partial charge on any atom is -0.404 e. The highest BCUT2D eigenvalue weighted by Gasteiger charge is 2.14. The molecule has 0 radical (unpaired) electrons. The van der Waals surface area contributed by atoms with Crippen molar-refractivity contribution in [1.82, 2.24) is 5.32 Å². The molecule has 5 heteroatoms. The van der Waals surface area contributed by atoms with Crippen LogP contribution in [-0.2, 0) is 6.54 Å². The van der Waals surface area contributed by atoms with Gasteiger partial charge in [0, 0.05) is 6.04 Å². The predicted molar refractivity (Wildman–Crippen MR) is 76.3 cm³/mol. The van der Waals surface area contributed by atoms with Gasteiger partial charge in [-0.3, -0.25) is 10.1 Å². The van der Waals surface area contributed by atoms with Gasteiger partial charge in [0.05, 0.1) is 12.6 Å². The van der Waals surface area contributed by atoms with Gasteiger partial charge in [-0.15, -0.1) is 0 Å². The molecule has 2 aromatic rings. The van der Waals surface area contributed by atoms with Crippen molar-refractivity contribution in [3.05, 3.63) is 63.9 Å². The molecule has 0 aliphatic heterocycles. The number of rotatable bonds is 7. The number of nitrogens with one attached hydrogen (secondary N) is 1. The lowest BCUT2D eigenvalue weighted by molar-refractivity contribution is -0.402. The van der Waals surface area contributed by atoms with Gasteiger partial charge in [0.25, 0.3) is 0 Å². The highest BCUT2D eigenvalue weighted by atomic mass is 16.6. The molecular weight excluding hydrogens is 256 g/mol. The fourth-order valence-electron chi connectivity index (χ4n) is 2.14. The monoisotopic (exact) mass is 274 g/mol. The molecule has 20 heavy (non-hydrogen) atoms. The molecule has 5 nitrogen and oxygen atoms in total. The molecule has 1 atom stereocenters. The van der Waals surface area contributed by atoms with Gasteiger partial charge in [0.2, 0.25) is 0 Å². The minimum atomic E-state index is -0.524. The Morgan fingerprint density at radius 2 is 2.00 bits per heavy atom. The summed E-state index contributed by atoms with van der Waals surface area (Å²) in [6.07, 6.45) is 2.07. The Balaban J connectivity index is 2.00. The van der Waals surface area contributed by atoms with Gasteiger partial charge in [-0.05, 0) is 18.1 Å². The van der Waals surface area contributed by atoms with Crippen LogP contribution in [0.5, 0.6) is 0 Å². The molecule has 1 aromatic carbocycles. The molecule has 1 N–H and O–H groups in total. The maximum atomic E-state index is 10.6. The van der Waals surface area contributed by atoms with Crippen molar-refractivity contribution in [3.8, 4) is 0 Å². The van der Waals surface area contributed by atoms with Gasteiger partial charge in [0.15, 0.2) is 0 Å². The molecule has 106 valence electrons. The summed E-state index contributed by atoms with van der Waals surface area (Å²) in [6, 6.07) is 13.4. The smallest absolute Gasteiger partial charge is 0.404 e. The SMILES string of the molecule is CCCC(NCc1ccc([N+](=O)[O-])o1)c1ccccc1. The molecule has 0 amide bonds. The van der Waals surface area contributed by atoms with Gasteiger partial charge in [-0.1, -0.05) is 43.7 Å². The number of nitrogens with zero attached hydrogens (tertiary/aromatic N) is 1. The molecule has 0 saturated carbocycles. The summed E-state index contributed by atoms with van der Waals surface area (Å²) in [5.74, 6) is 0.363. The van der Waals surface area contributed by atoms with Crippen LogP contribution in [-0.4, -0.2) is 4.92 Å². The van der Waals surface area contributed by atoms with E-state index in [9.17, 15) is 10.1 Å². The average Bonchev–Trinajstić information content (AvgIpc) is 2.93. The number of furan rings is 1. The Labute approximate surface area is 117 Å². The lowest BCUT2D eigenvalue weighted by Gasteiger charge is -2.17. The van der Waals surface area contributed by atoms with E-state index < -0.39 is 4.92 Å². The first-order valence-electron chi connectivity index (χ1n) is 6.72. The van der Waals surface area contributed by atoms with Crippen LogP contribution in [0.1, 0.15) is 37.1 Å². The zero-order valence-electron chi connectivity index (χ0n) is 11.4. The Hall–Kier alpha value is -2.14. The molecule has 0 aliphatic carbocycles. The third kappa shape index (κ3) is 3.68. The number of nitro groups is 1. The summed E-state index contributed by atoms with van der Waals surface area (Å²) in [7, 11) is 0. The van der Waals surface area contributed by atoms with Crippen LogP contribution in [0.25, 0.3) is 0 Å². The summed E-state index contributed by atoms with van der Waals surface area (Å²) in [5, 5.41) is 14.0. The molecule has 0 fully saturated rings. The molecule has 1 unspecified atom stereocenters. The molecule has 0 spiro atoms. The zero-order valence-corrected chi connectivity index (χ0v) is 11.4. The van der Waals surface area contributed by atoms with Crippen molar-refractivity contribution < 1.29 is 9.34 Å². The largest absolute Gasteiger partial charge is 0.433 e. The fourth-order valence-corrected chi connectivity index (χ4v) is 2.14. The number of benzene rings is 1. The van der Waals surface area contributed by atoms with Crippen LogP contribution < -0.4 is 5.32 Å². The fraction of sp³-hybridized carbons (Fsp3) is 0.333. The van der Waals surface area contributed by atoms with Crippen LogP contribution in [0.2, 0.25) is 0 Å². The molecular formula is C15H18N2O3. The summed E-state index contributed by atoms with van der Waals surface area (Å²) < 4.78 is 5.15. The van der Waals surface area contributed by atoms with Gasteiger partial charge < -0.3 is 9.73 Å². The predicted octanol–water partition coefficient (Wildman–Crippen LogP) is 3.82. The van der Waals surface area contributed by atoms with Crippen LogP contribution in [0.15, 0.2) is 46.9 Å². The Bertz CT molecular complexity index is 551. The second kappa shape index (κ2) is 6.86. The van der Waals surface area contributed by atoms with Gasteiger partial charge >= 0.3 is 5.88 Å². The summed E-state index contributed by atoms with van der Waals surface area (Å²) in [5.41, 5.74) is 1.22. The van der Waals surface area contributed by atoms with E-state index in [1.807, 2.05) is 18.2 Å².